The third kappa shape index (κ3) is 3.58. The first-order chi connectivity index (χ1) is 6.14. The van der Waals surface area contributed by atoms with Crippen LogP contribution in [-0.2, 0) is 6.42 Å². The van der Waals surface area contributed by atoms with E-state index in [4.69, 9.17) is 0 Å². The van der Waals surface area contributed by atoms with Gasteiger partial charge in [0.1, 0.15) is 0 Å². The summed E-state index contributed by atoms with van der Waals surface area (Å²) < 4.78 is 0. The lowest BCUT2D eigenvalue weighted by Gasteiger charge is -2.23. The van der Waals surface area contributed by atoms with Crippen molar-refractivity contribution in [3.05, 3.63) is 30.1 Å². The van der Waals surface area contributed by atoms with Crippen LogP contribution < -0.4 is 0 Å². The Morgan fingerprint density at radius 1 is 1.31 bits per heavy atom. The Kier molecular flexibility index (Phi) is 3.47. The highest BCUT2D eigenvalue weighted by Crippen LogP contribution is 2.26. The van der Waals surface area contributed by atoms with Crippen LogP contribution in [0.25, 0.3) is 0 Å². The molecule has 0 aliphatic rings. The zero-order chi connectivity index (χ0) is 9.73. The smallest absolute Gasteiger partial charge is 0.0408 e. The topological polar surface area (TPSA) is 12.9 Å². The number of pyridine rings is 1. The van der Waals surface area contributed by atoms with Crippen LogP contribution in [0.3, 0.4) is 0 Å². The molecule has 0 fully saturated rings. The molecule has 0 spiro atoms. The molecule has 1 aromatic heterocycles. The zero-order valence-electron chi connectivity index (χ0n) is 8.88. The van der Waals surface area contributed by atoms with Crippen LogP contribution in [0.1, 0.15) is 39.3 Å². The minimum absolute atomic E-state index is 0.392. The van der Waals surface area contributed by atoms with Gasteiger partial charge >= 0.3 is 0 Å². The van der Waals surface area contributed by atoms with Crippen molar-refractivity contribution in [3.63, 3.8) is 0 Å². The van der Waals surface area contributed by atoms with E-state index in [1.165, 1.54) is 18.5 Å². The standard InChI is InChI=1S/C12H19N/c1-4-8-12(2,3)10-11-7-5-6-9-13-11/h5-7,9H,4,8,10H2,1-3H3. The van der Waals surface area contributed by atoms with Gasteiger partial charge in [0.2, 0.25) is 0 Å². The molecule has 1 aromatic rings. The molecule has 1 nitrogen and oxygen atoms in total. The number of hydrogen-bond donors (Lipinski definition) is 0. The maximum atomic E-state index is 4.35. The molecule has 0 aliphatic heterocycles. The molecular weight excluding hydrogens is 158 g/mol. The van der Waals surface area contributed by atoms with Crippen molar-refractivity contribution in [1.29, 1.82) is 0 Å². The molecule has 0 atom stereocenters. The van der Waals surface area contributed by atoms with E-state index in [0.29, 0.717) is 5.41 Å². The molecule has 0 aromatic carbocycles. The van der Waals surface area contributed by atoms with E-state index < -0.39 is 0 Å². The van der Waals surface area contributed by atoms with E-state index in [0.717, 1.165) is 6.42 Å². The third-order valence-corrected chi connectivity index (χ3v) is 2.31. The summed E-state index contributed by atoms with van der Waals surface area (Å²) >= 11 is 0. The molecule has 0 aliphatic carbocycles. The lowest BCUT2D eigenvalue weighted by Crippen LogP contribution is -2.15. The van der Waals surface area contributed by atoms with Crippen LogP contribution in [0.2, 0.25) is 0 Å². The summed E-state index contributed by atoms with van der Waals surface area (Å²) in [5.74, 6) is 0. The first-order valence-electron chi connectivity index (χ1n) is 5.04. The number of hydrogen-bond acceptors (Lipinski definition) is 1. The maximum Gasteiger partial charge on any atom is 0.0408 e. The second kappa shape index (κ2) is 4.40. The molecule has 72 valence electrons. The normalized spacial score (nSPS) is 11.6. The summed E-state index contributed by atoms with van der Waals surface area (Å²) in [5.41, 5.74) is 1.60. The van der Waals surface area contributed by atoms with Crippen LogP contribution in [0.5, 0.6) is 0 Å². The highest BCUT2D eigenvalue weighted by atomic mass is 14.7. The molecule has 0 N–H and O–H groups in total. The lowest BCUT2D eigenvalue weighted by molar-refractivity contribution is 0.325. The summed E-state index contributed by atoms with van der Waals surface area (Å²) in [5, 5.41) is 0. The Morgan fingerprint density at radius 3 is 2.62 bits per heavy atom. The molecular formula is C12H19N. The van der Waals surface area contributed by atoms with E-state index in [1.54, 1.807) is 0 Å². The highest BCUT2D eigenvalue weighted by Gasteiger charge is 2.17. The van der Waals surface area contributed by atoms with Crippen LogP contribution in [0.4, 0.5) is 0 Å². The Bertz CT molecular complexity index is 239. The second-order valence-electron chi connectivity index (χ2n) is 4.41. The molecule has 0 radical (unpaired) electrons. The molecule has 1 heterocycles. The second-order valence-corrected chi connectivity index (χ2v) is 4.41. The van der Waals surface area contributed by atoms with E-state index in [1.807, 2.05) is 12.3 Å². The molecule has 1 rings (SSSR count). The van der Waals surface area contributed by atoms with Gasteiger partial charge in [0.05, 0.1) is 0 Å². The van der Waals surface area contributed by atoms with Crippen molar-refractivity contribution in [2.75, 3.05) is 0 Å². The fourth-order valence-electron chi connectivity index (χ4n) is 1.76. The molecule has 13 heavy (non-hydrogen) atoms. The Balaban J connectivity index is 2.58. The van der Waals surface area contributed by atoms with Crippen molar-refractivity contribution in [3.8, 4) is 0 Å². The summed E-state index contributed by atoms with van der Waals surface area (Å²) in [6.07, 6.45) is 5.47. The van der Waals surface area contributed by atoms with Crippen molar-refractivity contribution < 1.29 is 0 Å². The SMILES string of the molecule is CCCC(C)(C)Cc1ccccn1. The summed E-state index contributed by atoms with van der Waals surface area (Å²) in [6.45, 7) is 6.86. The van der Waals surface area contributed by atoms with Crippen LogP contribution in [0, 0.1) is 5.41 Å². The largest absolute Gasteiger partial charge is 0.261 e. The first kappa shape index (κ1) is 10.2. The molecule has 0 amide bonds. The number of nitrogens with zero attached hydrogens (tertiary/aromatic N) is 1. The average Bonchev–Trinajstić information content (AvgIpc) is 2.04. The van der Waals surface area contributed by atoms with Gasteiger partial charge < -0.3 is 0 Å². The van der Waals surface area contributed by atoms with Gasteiger partial charge in [0.25, 0.3) is 0 Å². The predicted octanol–water partition coefficient (Wildman–Crippen LogP) is 3.45. The molecule has 0 saturated heterocycles. The van der Waals surface area contributed by atoms with Crippen LogP contribution >= 0.6 is 0 Å². The first-order valence-corrected chi connectivity index (χ1v) is 5.04. The van der Waals surface area contributed by atoms with Gasteiger partial charge in [-0.1, -0.05) is 33.3 Å². The number of aromatic nitrogens is 1. The van der Waals surface area contributed by atoms with Gasteiger partial charge in [0, 0.05) is 11.9 Å². The fraction of sp³-hybridized carbons (Fsp3) is 0.583. The lowest BCUT2D eigenvalue weighted by atomic mass is 9.83. The Labute approximate surface area is 81.2 Å². The van der Waals surface area contributed by atoms with Gasteiger partial charge in [-0.3, -0.25) is 4.98 Å². The van der Waals surface area contributed by atoms with Crippen molar-refractivity contribution >= 4 is 0 Å². The monoisotopic (exact) mass is 177 g/mol. The summed E-state index contributed by atoms with van der Waals surface area (Å²) in [7, 11) is 0. The third-order valence-electron chi connectivity index (χ3n) is 2.31. The zero-order valence-corrected chi connectivity index (χ0v) is 8.88. The molecule has 0 unspecified atom stereocenters. The van der Waals surface area contributed by atoms with E-state index in [9.17, 15) is 0 Å². The minimum Gasteiger partial charge on any atom is -0.261 e. The van der Waals surface area contributed by atoms with Gasteiger partial charge in [-0.15, -0.1) is 0 Å². The molecule has 1 heteroatoms. The maximum absolute atomic E-state index is 4.35. The quantitative estimate of drug-likeness (QED) is 0.686. The van der Waals surface area contributed by atoms with Crippen molar-refractivity contribution in [2.24, 2.45) is 5.41 Å². The number of rotatable bonds is 4. The summed E-state index contributed by atoms with van der Waals surface area (Å²) in [6, 6.07) is 6.14. The fourth-order valence-corrected chi connectivity index (χ4v) is 1.76. The van der Waals surface area contributed by atoms with Crippen LogP contribution in [0.15, 0.2) is 24.4 Å². The van der Waals surface area contributed by atoms with E-state index in [-0.39, 0.29) is 0 Å². The van der Waals surface area contributed by atoms with E-state index >= 15 is 0 Å². The summed E-state index contributed by atoms with van der Waals surface area (Å²) in [4.78, 5) is 4.35. The van der Waals surface area contributed by atoms with Gasteiger partial charge in [-0.25, -0.2) is 0 Å². The van der Waals surface area contributed by atoms with Gasteiger partial charge in [0.15, 0.2) is 0 Å². The molecule has 0 saturated carbocycles. The van der Waals surface area contributed by atoms with Gasteiger partial charge in [-0.05, 0) is 30.4 Å². The predicted molar refractivity (Wildman–Crippen MR) is 56.6 cm³/mol. The Morgan fingerprint density at radius 2 is 2.08 bits per heavy atom. The van der Waals surface area contributed by atoms with E-state index in [2.05, 4.69) is 37.9 Å². The average molecular weight is 177 g/mol. The van der Waals surface area contributed by atoms with Crippen molar-refractivity contribution in [1.82, 2.24) is 4.98 Å². The van der Waals surface area contributed by atoms with Crippen LogP contribution in [-0.4, -0.2) is 4.98 Å². The minimum atomic E-state index is 0.392. The Hall–Kier alpha value is -0.850. The molecule has 0 bridgehead atoms. The van der Waals surface area contributed by atoms with Gasteiger partial charge in [-0.2, -0.15) is 0 Å². The highest BCUT2D eigenvalue weighted by molar-refractivity contribution is 5.05. The van der Waals surface area contributed by atoms with Crippen molar-refractivity contribution in [2.45, 2.75) is 40.0 Å².